The minimum absolute atomic E-state index is 1.14. The molecule has 0 aliphatic heterocycles. The minimum atomic E-state index is 1.14. The Bertz CT molecular complexity index is 688. The Kier molecular flexibility index (Phi) is 15.8. The highest BCUT2D eigenvalue weighted by Gasteiger charge is 2.16. The molecule has 1 aromatic heterocycles. The first-order valence-electron chi connectivity index (χ1n) is 14.5. The van der Waals surface area contributed by atoms with E-state index in [-0.39, 0.29) is 0 Å². The fourth-order valence-corrected chi connectivity index (χ4v) is 4.92. The van der Waals surface area contributed by atoms with Crippen molar-refractivity contribution in [3.8, 4) is 0 Å². The molecule has 0 radical (unpaired) electrons. The average Bonchev–Trinajstić information content (AvgIpc) is 3.22. The van der Waals surface area contributed by atoms with Crippen LogP contribution in [0.4, 0.5) is 0 Å². The normalized spacial score (nSPS) is 11.3. The third kappa shape index (κ3) is 12.5. The van der Waals surface area contributed by atoms with E-state index in [1.807, 2.05) is 0 Å². The maximum absolute atomic E-state index is 2.54. The molecule has 0 fully saturated rings. The van der Waals surface area contributed by atoms with E-state index in [2.05, 4.69) is 65.7 Å². The van der Waals surface area contributed by atoms with Gasteiger partial charge in [0, 0.05) is 6.42 Å². The summed E-state index contributed by atoms with van der Waals surface area (Å²) in [5.41, 5.74) is 1.46. The van der Waals surface area contributed by atoms with E-state index in [9.17, 15) is 0 Å². The molecule has 1 heterocycles. The van der Waals surface area contributed by atoms with E-state index in [0.717, 1.165) is 6.54 Å². The lowest BCUT2D eigenvalue weighted by atomic mass is 10.0. The van der Waals surface area contributed by atoms with Crippen LogP contribution in [0.2, 0.25) is 0 Å². The van der Waals surface area contributed by atoms with Gasteiger partial charge in [-0.2, -0.15) is 0 Å². The first-order chi connectivity index (χ1) is 16.3. The molecule has 1 aromatic carbocycles. The van der Waals surface area contributed by atoms with E-state index >= 15 is 0 Å². The first kappa shape index (κ1) is 27.7. The second kappa shape index (κ2) is 18.8. The van der Waals surface area contributed by atoms with Gasteiger partial charge in [-0.15, -0.1) is 0 Å². The molecule has 0 N–H and O–H groups in total. The number of hydrogen-bond donors (Lipinski definition) is 0. The van der Waals surface area contributed by atoms with Gasteiger partial charge in [0.25, 0.3) is 5.82 Å². The Morgan fingerprint density at radius 3 is 1.79 bits per heavy atom. The van der Waals surface area contributed by atoms with Crippen molar-refractivity contribution in [1.29, 1.82) is 0 Å². The van der Waals surface area contributed by atoms with Gasteiger partial charge in [-0.05, 0) is 31.2 Å². The molecule has 0 aliphatic carbocycles. The van der Waals surface area contributed by atoms with E-state index in [1.54, 1.807) is 5.82 Å². The second-order valence-electron chi connectivity index (χ2n) is 10.0. The molecule has 0 saturated heterocycles. The molecule has 2 rings (SSSR count). The Morgan fingerprint density at radius 1 is 0.606 bits per heavy atom. The van der Waals surface area contributed by atoms with Crippen molar-refractivity contribution >= 4 is 0 Å². The van der Waals surface area contributed by atoms with Crippen LogP contribution in [0.25, 0.3) is 0 Å². The predicted octanol–water partition coefficient (Wildman–Crippen LogP) is 8.84. The van der Waals surface area contributed by atoms with Gasteiger partial charge in [0.1, 0.15) is 12.4 Å². The summed E-state index contributed by atoms with van der Waals surface area (Å²) in [5.74, 6) is 1.56. The molecule has 0 aliphatic rings. The molecular weight excluding hydrogens is 400 g/mol. The zero-order chi connectivity index (χ0) is 23.4. The van der Waals surface area contributed by atoms with E-state index < -0.39 is 0 Å². The van der Waals surface area contributed by atoms with Crippen LogP contribution >= 0.6 is 0 Å². The topological polar surface area (TPSA) is 8.81 Å². The fourth-order valence-electron chi connectivity index (χ4n) is 4.92. The molecule has 33 heavy (non-hydrogen) atoms. The summed E-state index contributed by atoms with van der Waals surface area (Å²) >= 11 is 0. The molecule has 186 valence electrons. The Morgan fingerprint density at radius 2 is 1.18 bits per heavy atom. The Labute approximate surface area is 205 Å². The standard InChI is InChI=1S/C31H53N2/c1-3-5-7-8-9-10-11-12-13-14-15-16-20-25-31-32(26-6-4-2)28-29-33(31)27-21-24-30-22-18-17-19-23-30/h17-19,22-23,28-29H,3-16,20-21,24-27H2,1-2H3/q+1. The van der Waals surface area contributed by atoms with Crippen LogP contribution in [-0.4, -0.2) is 4.57 Å². The summed E-state index contributed by atoms with van der Waals surface area (Å²) in [5, 5.41) is 0. The van der Waals surface area contributed by atoms with Crippen molar-refractivity contribution in [2.75, 3.05) is 0 Å². The molecule has 2 nitrogen and oxygen atoms in total. The van der Waals surface area contributed by atoms with E-state index in [0.29, 0.717) is 0 Å². The Hall–Kier alpha value is -1.57. The largest absolute Gasteiger partial charge is 0.256 e. The van der Waals surface area contributed by atoms with Crippen molar-refractivity contribution in [3.05, 3.63) is 54.1 Å². The van der Waals surface area contributed by atoms with Crippen LogP contribution in [0.3, 0.4) is 0 Å². The number of aryl methyl sites for hydroxylation is 3. The third-order valence-electron chi connectivity index (χ3n) is 7.05. The van der Waals surface area contributed by atoms with Gasteiger partial charge >= 0.3 is 0 Å². The summed E-state index contributed by atoms with van der Waals surface area (Å²) in [6.45, 7) is 6.91. The highest BCUT2D eigenvalue weighted by molar-refractivity contribution is 5.14. The number of imidazole rings is 1. The van der Waals surface area contributed by atoms with E-state index in [4.69, 9.17) is 0 Å². The second-order valence-corrected chi connectivity index (χ2v) is 10.0. The van der Waals surface area contributed by atoms with Crippen LogP contribution < -0.4 is 4.57 Å². The highest BCUT2D eigenvalue weighted by atomic mass is 15.1. The van der Waals surface area contributed by atoms with E-state index in [1.165, 1.54) is 128 Å². The zero-order valence-electron chi connectivity index (χ0n) is 22.1. The molecule has 2 aromatic rings. The highest BCUT2D eigenvalue weighted by Crippen LogP contribution is 2.14. The third-order valence-corrected chi connectivity index (χ3v) is 7.05. The summed E-state index contributed by atoms with van der Waals surface area (Å²) in [6.07, 6.45) is 29.4. The van der Waals surface area contributed by atoms with Crippen molar-refractivity contribution in [2.45, 2.75) is 143 Å². The van der Waals surface area contributed by atoms with Crippen LogP contribution in [0.5, 0.6) is 0 Å². The lowest BCUT2D eigenvalue weighted by Crippen LogP contribution is -2.37. The molecule has 0 atom stereocenters. The van der Waals surface area contributed by atoms with Gasteiger partial charge in [0.15, 0.2) is 0 Å². The fraction of sp³-hybridized carbons (Fsp3) is 0.710. The SMILES string of the molecule is CCCCCCCCCCCCCCCc1n(CCCC)cc[n+]1CCCc1ccccc1. The lowest BCUT2D eigenvalue weighted by molar-refractivity contribution is -0.704. The molecular formula is C31H53N2+. The van der Waals surface area contributed by atoms with Crippen molar-refractivity contribution in [1.82, 2.24) is 4.57 Å². The number of rotatable bonds is 21. The van der Waals surface area contributed by atoms with Crippen molar-refractivity contribution in [3.63, 3.8) is 0 Å². The summed E-state index contributed by atoms with van der Waals surface area (Å²) in [6, 6.07) is 10.9. The van der Waals surface area contributed by atoms with Gasteiger partial charge in [-0.3, -0.25) is 0 Å². The molecule has 0 spiro atoms. The number of nitrogens with zero attached hydrogens (tertiary/aromatic N) is 2. The average molecular weight is 454 g/mol. The summed E-state index contributed by atoms with van der Waals surface area (Å²) in [7, 11) is 0. The van der Waals surface area contributed by atoms with Crippen LogP contribution in [0.1, 0.15) is 128 Å². The molecule has 0 amide bonds. The zero-order valence-corrected chi connectivity index (χ0v) is 22.1. The van der Waals surface area contributed by atoms with Gasteiger partial charge in [0.05, 0.1) is 13.1 Å². The van der Waals surface area contributed by atoms with Gasteiger partial charge < -0.3 is 0 Å². The molecule has 0 unspecified atom stereocenters. The number of benzene rings is 1. The molecule has 0 saturated carbocycles. The van der Waals surface area contributed by atoms with Gasteiger partial charge in [-0.1, -0.05) is 128 Å². The number of aromatic nitrogens is 2. The smallest absolute Gasteiger partial charge is 0.234 e. The Balaban J connectivity index is 1.61. The first-order valence-corrected chi connectivity index (χ1v) is 14.5. The molecule has 0 bridgehead atoms. The summed E-state index contributed by atoms with van der Waals surface area (Å²) < 4.78 is 5.08. The maximum atomic E-state index is 2.54. The monoisotopic (exact) mass is 453 g/mol. The van der Waals surface area contributed by atoms with Crippen molar-refractivity contribution < 1.29 is 4.57 Å². The lowest BCUT2D eigenvalue weighted by Gasteiger charge is -2.06. The van der Waals surface area contributed by atoms with Crippen LogP contribution in [0.15, 0.2) is 42.7 Å². The number of hydrogen-bond acceptors (Lipinski definition) is 0. The quantitative estimate of drug-likeness (QED) is 0.132. The predicted molar refractivity (Wildman–Crippen MR) is 144 cm³/mol. The van der Waals surface area contributed by atoms with Gasteiger partial charge in [-0.25, -0.2) is 9.13 Å². The van der Waals surface area contributed by atoms with Crippen molar-refractivity contribution in [2.24, 2.45) is 0 Å². The van der Waals surface area contributed by atoms with Crippen LogP contribution in [0, 0.1) is 0 Å². The maximum Gasteiger partial charge on any atom is 0.256 e. The minimum Gasteiger partial charge on any atom is -0.234 e. The molecule has 2 heteroatoms. The number of unbranched alkanes of at least 4 members (excludes halogenated alkanes) is 13. The van der Waals surface area contributed by atoms with Gasteiger partial charge in [0.2, 0.25) is 0 Å². The van der Waals surface area contributed by atoms with Crippen LogP contribution in [-0.2, 0) is 25.9 Å². The summed E-state index contributed by atoms with van der Waals surface area (Å²) in [4.78, 5) is 0.